The van der Waals surface area contributed by atoms with Crippen LogP contribution in [0.15, 0.2) is 54.6 Å². The molecule has 0 saturated heterocycles. The minimum Gasteiger partial charge on any atom is -0.457 e. The average Bonchev–Trinajstić information content (AvgIpc) is 2.60. The highest BCUT2D eigenvalue weighted by atomic mass is 35.5. The lowest BCUT2D eigenvalue weighted by Gasteiger charge is -2.13. The number of benzene rings is 2. The van der Waals surface area contributed by atoms with E-state index >= 15 is 0 Å². The molecule has 0 amide bonds. The molecule has 0 radical (unpaired) electrons. The van der Waals surface area contributed by atoms with Crippen molar-refractivity contribution in [3.05, 3.63) is 80.9 Å². The number of nitro groups is 1. The van der Waals surface area contributed by atoms with Gasteiger partial charge in [-0.3, -0.25) is 19.7 Å². The molecule has 2 aromatic rings. The second-order valence-corrected chi connectivity index (χ2v) is 5.91. The summed E-state index contributed by atoms with van der Waals surface area (Å²) in [4.78, 5) is 34.2. The van der Waals surface area contributed by atoms with Crippen molar-refractivity contribution in [1.82, 2.24) is 0 Å². The Kier molecular flexibility index (Phi) is 6.63. The van der Waals surface area contributed by atoms with Gasteiger partial charge in [-0.15, -0.1) is 0 Å². The summed E-state index contributed by atoms with van der Waals surface area (Å²) in [7, 11) is 0. The number of carbonyl (C=O) groups is 2. The van der Waals surface area contributed by atoms with Gasteiger partial charge >= 0.3 is 5.97 Å². The van der Waals surface area contributed by atoms with Crippen molar-refractivity contribution in [3.8, 4) is 0 Å². The van der Waals surface area contributed by atoms with E-state index in [1.54, 1.807) is 37.3 Å². The number of hydrogen-bond acceptors (Lipinski definition) is 5. The Hall–Kier alpha value is -2.99. The van der Waals surface area contributed by atoms with E-state index in [4.69, 9.17) is 16.3 Å². The number of nitrogens with zero attached hydrogens (tertiary/aromatic N) is 1. The molecule has 7 heteroatoms. The predicted molar refractivity (Wildman–Crippen MR) is 97.7 cm³/mol. The topological polar surface area (TPSA) is 86.5 Å². The van der Waals surface area contributed by atoms with Crippen molar-refractivity contribution in [2.75, 3.05) is 0 Å². The molecule has 1 atom stereocenters. The quantitative estimate of drug-likeness (QED) is 0.234. The first-order valence-corrected chi connectivity index (χ1v) is 8.14. The van der Waals surface area contributed by atoms with Crippen LogP contribution in [0.5, 0.6) is 0 Å². The number of esters is 1. The Bertz CT molecular complexity index is 845. The average molecular weight is 374 g/mol. The predicted octanol–water partition coefficient (Wildman–Crippen LogP) is 4.53. The third-order valence-corrected chi connectivity index (χ3v) is 3.80. The molecule has 0 N–H and O–H groups in total. The Morgan fingerprint density at radius 3 is 2.50 bits per heavy atom. The third-order valence-electron chi connectivity index (χ3n) is 3.55. The molecular weight excluding hydrogens is 358 g/mol. The molecule has 0 saturated carbocycles. The number of rotatable bonds is 7. The summed E-state index contributed by atoms with van der Waals surface area (Å²) < 4.78 is 5.22. The summed E-state index contributed by atoms with van der Waals surface area (Å²) >= 11 is 5.80. The molecule has 0 aliphatic carbocycles. The first-order chi connectivity index (χ1) is 12.4. The van der Waals surface area contributed by atoms with Gasteiger partial charge in [-0.2, -0.15) is 0 Å². The van der Waals surface area contributed by atoms with Gasteiger partial charge in [-0.1, -0.05) is 35.9 Å². The summed E-state index contributed by atoms with van der Waals surface area (Å²) in [5, 5.41) is 11.5. The van der Waals surface area contributed by atoms with Gasteiger partial charge < -0.3 is 4.74 Å². The van der Waals surface area contributed by atoms with E-state index in [9.17, 15) is 19.7 Å². The molecule has 26 heavy (non-hydrogen) atoms. The fourth-order valence-electron chi connectivity index (χ4n) is 2.22. The van der Waals surface area contributed by atoms with E-state index in [2.05, 4.69) is 0 Å². The Balaban J connectivity index is 1.94. The fraction of sp³-hybridized carbons (Fsp3) is 0.158. The highest BCUT2D eigenvalue weighted by molar-refractivity contribution is 6.30. The van der Waals surface area contributed by atoms with Crippen molar-refractivity contribution >= 4 is 35.1 Å². The molecule has 0 aromatic heterocycles. The number of ketones is 1. The number of carbonyl (C=O) groups excluding carboxylic acids is 2. The zero-order chi connectivity index (χ0) is 19.1. The van der Waals surface area contributed by atoms with Crippen LogP contribution < -0.4 is 0 Å². The van der Waals surface area contributed by atoms with Crippen LogP contribution in [0.1, 0.15) is 30.6 Å². The highest BCUT2D eigenvalue weighted by Gasteiger charge is 2.15. The van der Waals surface area contributed by atoms with E-state index in [0.29, 0.717) is 5.02 Å². The fourth-order valence-corrected chi connectivity index (χ4v) is 2.35. The first kappa shape index (κ1) is 19.3. The zero-order valence-corrected chi connectivity index (χ0v) is 14.7. The molecule has 0 bridgehead atoms. The molecule has 2 rings (SSSR count). The molecule has 0 aliphatic rings. The molecule has 1 unspecified atom stereocenters. The van der Waals surface area contributed by atoms with Crippen LogP contribution >= 0.6 is 11.6 Å². The van der Waals surface area contributed by atoms with Crippen LogP contribution in [-0.2, 0) is 14.3 Å². The summed E-state index contributed by atoms with van der Waals surface area (Å²) in [6, 6.07) is 12.8. The van der Waals surface area contributed by atoms with E-state index in [0.717, 1.165) is 11.6 Å². The summed E-state index contributed by atoms with van der Waals surface area (Å²) in [5.74, 6) is -1.18. The number of para-hydroxylation sites is 1. The Labute approximate surface area is 155 Å². The second-order valence-electron chi connectivity index (χ2n) is 5.48. The van der Waals surface area contributed by atoms with Gasteiger partial charge in [-0.25, -0.2) is 0 Å². The van der Waals surface area contributed by atoms with Crippen LogP contribution in [-0.4, -0.2) is 16.7 Å². The molecule has 0 spiro atoms. The van der Waals surface area contributed by atoms with Gasteiger partial charge in [0.2, 0.25) is 0 Å². The van der Waals surface area contributed by atoms with Gasteiger partial charge in [0.25, 0.3) is 5.69 Å². The maximum Gasteiger partial charge on any atom is 0.314 e. The van der Waals surface area contributed by atoms with Crippen molar-refractivity contribution in [2.24, 2.45) is 0 Å². The lowest BCUT2D eigenvalue weighted by Crippen LogP contribution is -2.12. The van der Waals surface area contributed by atoms with Crippen molar-refractivity contribution in [2.45, 2.75) is 19.4 Å². The van der Waals surface area contributed by atoms with Crippen LogP contribution in [0.25, 0.3) is 6.08 Å². The van der Waals surface area contributed by atoms with Crippen molar-refractivity contribution < 1.29 is 19.2 Å². The summed E-state index contributed by atoms with van der Waals surface area (Å²) in [5.41, 5.74) is 0.926. The van der Waals surface area contributed by atoms with E-state index < -0.39 is 29.2 Å². The lowest BCUT2D eigenvalue weighted by molar-refractivity contribution is -0.385. The number of ether oxygens (including phenoxy) is 1. The van der Waals surface area contributed by atoms with E-state index in [1.165, 1.54) is 24.3 Å². The van der Waals surface area contributed by atoms with Gasteiger partial charge in [0, 0.05) is 11.1 Å². The molecule has 0 aliphatic heterocycles. The monoisotopic (exact) mass is 373 g/mol. The van der Waals surface area contributed by atoms with Crippen LogP contribution in [0, 0.1) is 10.1 Å². The number of halogens is 1. The van der Waals surface area contributed by atoms with Crippen molar-refractivity contribution in [1.29, 1.82) is 0 Å². The Morgan fingerprint density at radius 1 is 1.19 bits per heavy atom. The smallest absolute Gasteiger partial charge is 0.314 e. The maximum atomic E-state index is 11.9. The molecule has 134 valence electrons. The third kappa shape index (κ3) is 5.53. The lowest BCUT2D eigenvalue weighted by atomic mass is 10.1. The summed E-state index contributed by atoms with van der Waals surface area (Å²) in [6.45, 7) is 1.69. The van der Waals surface area contributed by atoms with Crippen LogP contribution in [0.3, 0.4) is 0 Å². The first-order valence-electron chi connectivity index (χ1n) is 7.76. The standard InChI is InChI=1S/C19H16ClNO5/c1-13(14-6-9-16(20)10-7-14)26-19(23)12-17(22)11-8-15-4-2-3-5-18(15)21(24)25/h2-11,13H,12H2,1H3. The number of nitro benzene ring substituents is 1. The molecule has 6 nitrogen and oxygen atoms in total. The van der Waals surface area contributed by atoms with Crippen molar-refractivity contribution in [3.63, 3.8) is 0 Å². The molecule has 0 fully saturated rings. The Morgan fingerprint density at radius 2 is 1.85 bits per heavy atom. The SMILES string of the molecule is CC(OC(=O)CC(=O)C=Cc1ccccc1[N+](=O)[O-])c1ccc(Cl)cc1. The van der Waals surface area contributed by atoms with Crippen LogP contribution in [0.2, 0.25) is 5.02 Å². The molecule has 0 heterocycles. The van der Waals surface area contributed by atoms with Gasteiger partial charge in [-0.05, 0) is 42.8 Å². The van der Waals surface area contributed by atoms with Crippen LogP contribution in [0.4, 0.5) is 5.69 Å². The maximum absolute atomic E-state index is 11.9. The molecule has 2 aromatic carbocycles. The van der Waals surface area contributed by atoms with Gasteiger partial charge in [0.15, 0.2) is 5.78 Å². The zero-order valence-electron chi connectivity index (χ0n) is 13.9. The van der Waals surface area contributed by atoms with E-state index in [1.807, 2.05) is 0 Å². The van der Waals surface area contributed by atoms with Gasteiger partial charge in [0.1, 0.15) is 12.5 Å². The number of hydrogen-bond donors (Lipinski definition) is 0. The number of allylic oxidation sites excluding steroid dienone is 1. The second kappa shape index (κ2) is 8.92. The molecular formula is C19H16ClNO5. The summed E-state index contributed by atoms with van der Waals surface area (Å²) in [6.07, 6.45) is 1.48. The minimum atomic E-state index is -0.676. The van der Waals surface area contributed by atoms with Gasteiger partial charge in [0.05, 0.1) is 10.5 Å². The van der Waals surface area contributed by atoms with E-state index in [-0.39, 0.29) is 11.3 Å². The largest absolute Gasteiger partial charge is 0.457 e. The minimum absolute atomic E-state index is 0.115. The normalized spacial score (nSPS) is 11.9. The highest BCUT2D eigenvalue weighted by Crippen LogP contribution is 2.21.